The number of hydrogen-bond acceptors (Lipinski definition) is 3. The normalized spacial score (nSPS) is 17.1. The molecule has 0 aliphatic heterocycles. The van der Waals surface area contributed by atoms with Gasteiger partial charge >= 0.3 is 0 Å². The third-order valence-corrected chi connectivity index (χ3v) is 5.15. The van der Waals surface area contributed by atoms with Gasteiger partial charge in [-0.1, -0.05) is 18.6 Å². The highest BCUT2D eigenvalue weighted by atomic mass is 16.5. The summed E-state index contributed by atoms with van der Waals surface area (Å²) in [7, 11) is 0. The van der Waals surface area contributed by atoms with E-state index in [1.807, 2.05) is 29.3 Å². The lowest BCUT2D eigenvalue weighted by Crippen LogP contribution is -2.35. The minimum absolute atomic E-state index is 0.136. The monoisotopic (exact) mass is 339 g/mol. The Morgan fingerprint density at radius 2 is 2.00 bits per heavy atom. The van der Waals surface area contributed by atoms with Gasteiger partial charge in [0, 0.05) is 25.0 Å². The molecule has 25 heavy (non-hydrogen) atoms. The van der Waals surface area contributed by atoms with E-state index in [2.05, 4.69) is 17.2 Å². The maximum atomic E-state index is 12.6. The summed E-state index contributed by atoms with van der Waals surface area (Å²) >= 11 is 0. The van der Waals surface area contributed by atoms with E-state index < -0.39 is 0 Å². The summed E-state index contributed by atoms with van der Waals surface area (Å²) in [4.78, 5) is 14.6. The largest absolute Gasteiger partial charge is 0.493 e. The number of benzene rings is 1. The van der Waals surface area contributed by atoms with Gasteiger partial charge in [0.15, 0.2) is 0 Å². The van der Waals surface area contributed by atoms with Crippen molar-refractivity contribution in [2.75, 3.05) is 6.61 Å². The lowest BCUT2D eigenvalue weighted by Gasteiger charge is -2.25. The predicted octanol–water partition coefficient (Wildman–Crippen LogP) is 3.25. The molecule has 4 rings (SSSR count). The number of rotatable bonds is 8. The predicted molar refractivity (Wildman–Crippen MR) is 95.1 cm³/mol. The summed E-state index contributed by atoms with van der Waals surface area (Å²) in [6.45, 7) is 1.80. The van der Waals surface area contributed by atoms with Crippen molar-refractivity contribution in [1.82, 2.24) is 14.7 Å². The van der Waals surface area contributed by atoms with Crippen molar-refractivity contribution in [3.8, 4) is 5.75 Å². The van der Waals surface area contributed by atoms with E-state index >= 15 is 0 Å². The fourth-order valence-electron chi connectivity index (χ4n) is 3.19. The van der Waals surface area contributed by atoms with E-state index in [-0.39, 0.29) is 5.91 Å². The van der Waals surface area contributed by atoms with Crippen molar-refractivity contribution in [2.45, 2.75) is 51.2 Å². The minimum Gasteiger partial charge on any atom is -0.493 e. The van der Waals surface area contributed by atoms with E-state index in [1.54, 1.807) is 10.9 Å². The van der Waals surface area contributed by atoms with Crippen LogP contribution in [0.1, 0.15) is 37.7 Å². The molecule has 2 aliphatic rings. The Labute approximate surface area is 148 Å². The molecular formula is C20H25N3O2. The Hall–Kier alpha value is -2.30. The number of ether oxygens (including phenoxy) is 1. The van der Waals surface area contributed by atoms with Crippen LogP contribution in [0.3, 0.4) is 0 Å². The topological polar surface area (TPSA) is 47.4 Å². The van der Waals surface area contributed by atoms with Crippen LogP contribution in [-0.2, 0) is 17.9 Å². The molecule has 2 fully saturated rings. The Kier molecular flexibility index (Phi) is 4.72. The van der Waals surface area contributed by atoms with Crippen LogP contribution in [-0.4, -0.2) is 33.2 Å². The molecule has 1 aromatic heterocycles. The van der Waals surface area contributed by atoms with E-state index in [0.717, 1.165) is 36.7 Å². The summed E-state index contributed by atoms with van der Waals surface area (Å²) in [5.74, 6) is 1.80. The number of amides is 1. The average Bonchev–Trinajstić information content (AvgIpc) is 3.29. The molecule has 2 aromatic rings. The van der Waals surface area contributed by atoms with Crippen molar-refractivity contribution in [2.24, 2.45) is 5.92 Å². The zero-order chi connectivity index (χ0) is 17.1. The molecule has 1 aromatic carbocycles. The fraction of sp³-hybridized carbons (Fsp3) is 0.500. The minimum atomic E-state index is 0.136. The summed E-state index contributed by atoms with van der Waals surface area (Å²) in [5.41, 5.74) is 1.15. The van der Waals surface area contributed by atoms with Gasteiger partial charge in [-0.3, -0.25) is 9.48 Å². The van der Waals surface area contributed by atoms with E-state index in [9.17, 15) is 4.79 Å². The molecule has 1 amide bonds. The van der Waals surface area contributed by atoms with Crippen molar-refractivity contribution < 1.29 is 9.53 Å². The van der Waals surface area contributed by atoms with Crippen molar-refractivity contribution in [3.63, 3.8) is 0 Å². The van der Waals surface area contributed by atoms with Gasteiger partial charge in [-0.2, -0.15) is 5.10 Å². The van der Waals surface area contributed by atoms with Gasteiger partial charge in [0.2, 0.25) is 5.91 Å². The third-order valence-electron chi connectivity index (χ3n) is 5.15. The Morgan fingerprint density at radius 1 is 1.20 bits per heavy atom. The molecule has 2 saturated carbocycles. The van der Waals surface area contributed by atoms with Gasteiger partial charge < -0.3 is 9.64 Å². The van der Waals surface area contributed by atoms with Crippen LogP contribution in [0.15, 0.2) is 42.7 Å². The molecule has 5 heteroatoms. The fourth-order valence-corrected chi connectivity index (χ4v) is 3.19. The first-order valence-corrected chi connectivity index (χ1v) is 9.26. The Balaban J connectivity index is 1.34. The summed E-state index contributed by atoms with van der Waals surface area (Å²) in [6.07, 6.45) is 9.69. The standard InChI is InChI=1S/C20H25N3O2/c24-20(14-22-12-2-11-21-22)23(18-7-8-18)13-16-5-9-19(10-6-16)25-15-17-3-1-4-17/h2,5-6,9-12,17-18H,1,3-4,7-8,13-15H2. The highest BCUT2D eigenvalue weighted by Crippen LogP contribution is 2.29. The molecule has 2 aliphatic carbocycles. The maximum Gasteiger partial charge on any atom is 0.244 e. The van der Waals surface area contributed by atoms with Crippen LogP contribution >= 0.6 is 0 Å². The highest BCUT2D eigenvalue weighted by molar-refractivity contribution is 5.76. The van der Waals surface area contributed by atoms with Crippen LogP contribution in [0.2, 0.25) is 0 Å². The first-order valence-electron chi connectivity index (χ1n) is 9.26. The second-order valence-electron chi connectivity index (χ2n) is 7.21. The average molecular weight is 339 g/mol. The van der Waals surface area contributed by atoms with Gasteiger partial charge in [0.1, 0.15) is 12.3 Å². The zero-order valence-corrected chi connectivity index (χ0v) is 14.5. The molecule has 5 nitrogen and oxygen atoms in total. The van der Waals surface area contributed by atoms with Gasteiger partial charge in [-0.25, -0.2) is 0 Å². The molecule has 0 spiro atoms. The summed E-state index contributed by atoms with van der Waals surface area (Å²) in [5, 5.41) is 4.14. The molecule has 0 saturated heterocycles. The van der Waals surface area contributed by atoms with E-state index in [0.29, 0.717) is 19.1 Å². The first-order chi connectivity index (χ1) is 12.3. The van der Waals surface area contributed by atoms with Gasteiger partial charge in [0.05, 0.1) is 6.61 Å². The van der Waals surface area contributed by atoms with Crippen molar-refractivity contribution in [3.05, 3.63) is 48.3 Å². The zero-order valence-electron chi connectivity index (χ0n) is 14.5. The third kappa shape index (κ3) is 4.21. The number of hydrogen-bond donors (Lipinski definition) is 0. The van der Waals surface area contributed by atoms with Crippen molar-refractivity contribution in [1.29, 1.82) is 0 Å². The highest BCUT2D eigenvalue weighted by Gasteiger charge is 2.32. The second-order valence-corrected chi connectivity index (χ2v) is 7.21. The maximum absolute atomic E-state index is 12.6. The molecule has 0 unspecified atom stereocenters. The van der Waals surface area contributed by atoms with Gasteiger partial charge in [-0.05, 0) is 55.4 Å². The Bertz CT molecular complexity index is 688. The molecule has 132 valence electrons. The van der Waals surface area contributed by atoms with Crippen LogP contribution in [0.5, 0.6) is 5.75 Å². The number of carbonyl (C=O) groups excluding carboxylic acids is 1. The SMILES string of the molecule is O=C(Cn1cccn1)N(Cc1ccc(OCC2CCC2)cc1)C1CC1. The van der Waals surface area contributed by atoms with Crippen LogP contribution < -0.4 is 4.74 Å². The lowest BCUT2D eigenvalue weighted by atomic mass is 9.86. The molecule has 1 heterocycles. The van der Waals surface area contributed by atoms with Crippen molar-refractivity contribution >= 4 is 5.91 Å². The van der Waals surface area contributed by atoms with Crippen LogP contribution in [0, 0.1) is 5.92 Å². The van der Waals surface area contributed by atoms with E-state index in [4.69, 9.17) is 4.74 Å². The Morgan fingerprint density at radius 3 is 2.60 bits per heavy atom. The van der Waals surface area contributed by atoms with Crippen LogP contribution in [0.25, 0.3) is 0 Å². The number of aromatic nitrogens is 2. The molecule has 0 atom stereocenters. The summed E-state index contributed by atoms with van der Waals surface area (Å²) in [6, 6.07) is 10.4. The first kappa shape index (κ1) is 16.2. The van der Waals surface area contributed by atoms with E-state index in [1.165, 1.54) is 19.3 Å². The summed E-state index contributed by atoms with van der Waals surface area (Å²) < 4.78 is 7.54. The molecular weight excluding hydrogens is 314 g/mol. The van der Waals surface area contributed by atoms with Gasteiger partial charge in [-0.15, -0.1) is 0 Å². The van der Waals surface area contributed by atoms with Gasteiger partial charge in [0.25, 0.3) is 0 Å². The number of nitrogens with zero attached hydrogens (tertiary/aromatic N) is 3. The quantitative estimate of drug-likeness (QED) is 0.742. The second kappa shape index (κ2) is 7.30. The lowest BCUT2D eigenvalue weighted by molar-refractivity contribution is -0.133. The molecule has 0 N–H and O–H groups in total. The molecule has 0 bridgehead atoms. The van der Waals surface area contributed by atoms with Crippen LogP contribution in [0.4, 0.5) is 0 Å². The number of carbonyl (C=O) groups is 1. The molecule has 0 radical (unpaired) electrons. The smallest absolute Gasteiger partial charge is 0.244 e.